The predicted octanol–water partition coefficient (Wildman–Crippen LogP) is 3.97. The number of benzene rings is 1. The van der Waals surface area contributed by atoms with Crippen LogP contribution < -0.4 is 11.1 Å². The van der Waals surface area contributed by atoms with Crippen molar-refractivity contribution < 1.29 is 18.0 Å². The zero-order chi connectivity index (χ0) is 20.2. The van der Waals surface area contributed by atoms with Crippen LogP contribution in [0.1, 0.15) is 32.3 Å². The van der Waals surface area contributed by atoms with Gasteiger partial charge in [0.1, 0.15) is 5.84 Å². The molecule has 0 saturated carbocycles. The van der Waals surface area contributed by atoms with Crippen LogP contribution in [0.25, 0.3) is 0 Å². The number of alkyl halides is 3. The molecule has 4 N–H and O–H groups in total. The highest BCUT2D eigenvalue weighted by molar-refractivity contribution is 6.20. The van der Waals surface area contributed by atoms with Gasteiger partial charge >= 0.3 is 6.18 Å². The highest BCUT2D eigenvalue weighted by atomic mass is 19.4. The van der Waals surface area contributed by atoms with E-state index >= 15 is 0 Å². The van der Waals surface area contributed by atoms with Crippen molar-refractivity contribution in [3.05, 3.63) is 53.3 Å². The smallest absolute Gasteiger partial charge is 0.396 e. The monoisotopic (exact) mass is 378 g/mol. The van der Waals surface area contributed by atoms with E-state index in [0.29, 0.717) is 12.0 Å². The van der Waals surface area contributed by atoms with Crippen molar-refractivity contribution in [2.45, 2.75) is 32.9 Å². The number of nitrogen functional groups attached to an aromatic ring is 1. The lowest BCUT2D eigenvalue weighted by Crippen LogP contribution is -2.46. The third-order valence-electron chi connectivity index (χ3n) is 4.20. The van der Waals surface area contributed by atoms with Gasteiger partial charge in [-0.3, -0.25) is 10.2 Å². The first-order valence-corrected chi connectivity index (χ1v) is 8.41. The van der Waals surface area contributed by atoms with E-state index in [1.54, 1.807) is 30.3 Å². The van der Waals surface area contributed by atoms with Crippen molar-refractivity contribution in [3.63, 3.8) is 0 Å². The molecule has 8 heteroatoms. The van der Waals surface area contributed by atoms with Gasteiger partial charge in [-0.2, -0.15) is 13.2 Å². The Labute approximate surface area is 155 Å². The summed E-state index contributed by atoms with van der Waals surface area (Å²) < 4.78 is 40.9. The molecule has 0 aromatic heterocycles. The molecule has 1 aliphatic rings. The maximum atomic E-state index is 13.6. The molecule has 144 valence electrons. The van der Waals surface area contributed by atoms with Gasteiger partial charge in [0.25, 0.3) is 0 Å². The Morgan fingerprint density at radius 2 is 2.07 bits per heavy atom. The molecule has 1 saturated heterocycles. The summed E-state index contributed by atoms with van der Waals surface area (Å²) in [5, 5.41) is 10.8. The average Bonchev–Trinajstić information content (AvgIpc) is 2.60. The number of carbonyl (C=O) groups excluding carboxylic acids is 1. The van der Waals surface area contributed by atoms with Gasteiger partial charge in [-0.15, -0.1) is 0 Å². The number of amides is 1. The van der Waals surface area contributed by atoms with Crippen molar-refractivity contribution in [1.29, 1.82) is 5.41 Å². The highest BCUT2D eigenvalue weighted by Crippen LogP contribution is 2.39. The Balaban J connectivity index is 2.64. The number of nitrogens with one attached hydrogen (secondary N) is 2. The number of anilines is 1. The van der Waals surface area contributed by atoms with E-state index < -0.39 is 24.4 Å². The molecule has 1 aromatic rings. The summed E-state index contributed by atoms with van der Waals surface area (Å²) in [6.45, 7) is 3.27. The second-order valence-electron chi connectivity index (χ2n) is 6.12. The normalized spacial score (nSPS) is 21.4. The van der Waals surface area contributed by atoms with Gasteiger partial charge < -0.3 is 11.1 Å². The van der Waals surface area contributed by atoms with Crippen LogP contribution in [-0.4, -0.2) is 23.6 Å². The lowest BCUT2D eigenvalue weighted by molar-refractivity contribution is -0.169. The Hall–Kier alpha value is -2.90. The maximum absolute atomic E-state index is 13.6. The largest absolute Gasteiger partial charge is 0.398 e. The number of nitrogens with zero attached hydrogens (tertiary/aromatic N) is 1. The van der Waals surface area contributed by atoms with Crippen LogP contribution in [0, 0.1) is 11.3 Å². The molecule has 1 fully saturated rings. The summed E-state index contributed by atoms with van der Waals surface area (Å²) in [5.74, 6) is -2.98. The first-order valence-electron chi connectivity index (χ1n) is 8.41. The summed E-state index contributed by atoms with van der Waals surface area (Å²) >= 11 is 0. The summed E-state index contributed by atoms with van der Waals surface area (Å²) in [6, 6.07) is 6.47. The summed E-state index contributed by atoms with van der Waals surface area (Å²) in [5.41, 5.74) is 6.20. The number of aliphatic imine (C=N–C) groups is 1. The summed E-state index contributed by atoms with van der Waals surface area (Å²) in [6.07, 6.45) is -1.75. The van der Waals surface area contributed by atoms with E-state index in [1.165, 1.54) is 13.1 Å². The fraction of sp³-hybridized carbons (Fsp3) is 0.316. The van der Waals surface area contributed by atoms with Crippen LogP contribution in [0.3, 0.4) is 0 Å². The molecule has 5 nitrogen and oxygen atoms in total. The van der Waals surface area contributed by atoms with E-state index in [2.05, 4.69) is 10.3 Å². The van der Waals surface area contributed by atoms with Crippen molar-refractivity contribution >= 4 is 23.1 Å². The third-order valence-corrected chi connectivity index (χ3v) is 4.20. The molecule has 1 amide bonds. The van der Waals surface area contributed by atoms with Crippen LogP contribution in [0.4, 0.5) is 18.9 Å². The molecule has 0 bridgehead atoms. The Kier molecular flexibility index (Phi) is 6.20. The molecular weight excluding hydrogens is 357 g/mol. The van der Waals surface area contributed by atoms with Crippen LogP contribution in [-0.2, 0) is 4.79 Å². The molecule has 1 heterocycles. The Morgan fingerprint density at radius 1 is 1.41 bits per heavy atom. The second-order valence-corrected chi connectivity index (χ2v) is 6.12. The van der Waals surface area contributed by atoms with Gasteiger partial charge in [-0.1, -0.05) is 31.2 Å². The van der Waals surface area contributed by atoms with Gasteiger partial charge in [0.05, 0.1) is 11.6 Å². The van der Waals surface area contributed by atoms with Crippen LogP contribution >= 0.6 is 0 Å². The van der Waals surface area contributed by atoms with Crippen molar-refractivity contribution in [1.82, 2.24) is 5.32 Å². The summed E-state index contributed by atoms with van der Waals surface area (Å²) in [4.78, 5) is 15.8. The molecule has 1 aromatic carbocycles. The number of piperidine rings is 1. The van der Waals surface area contributed by atoms with Crippen LogP contribution in [0.15, 0.2) is 52.7 Å². The molecule has 1 aliphatic heterocycles. The average molecular weight is 378 g/mol. The molecule has 0 radical (unpaired) electrons. The van der Waals surface area contributed by atoms with Crippen molar-refractivity contribution in [2.24, 2.45) is 10.9 Å². The first kappa shape index (κ1) is 20.4. The van der Waals surface area contributed by atoms with Crippen LogP contribution in [0.5, 0.6) is 0 Å². The van der Waals surface area contributed by atoms with Crippen LogP contribution in [0.2, 0.25) is 0 Å². The number of para-hydroxylation sites is 1. The minimum atomic E-state index is -4.65. The lowest BCUT2D eigenvalue weighted by Gasteiger charge is -2.30. The number of halogens is 3. The molecule has 1 atom stereocenters. The number of nitrogens with two attached hydrogens (primary N) is 1. The van der Waals surface area contributed by atoms with Gasteiger partial charge in [0.2, 0.25) is 5.91 Å². The highest BCUT2D eigenvalue weighted by Gasteiger charge is 2.48. The first-order chi connectivity index (χ1) is 12.7. The number of rotatable bonds is 4. The summed E-state index contributed by atoms with van der Waals surface area (Å²) in [7, 11) is 0. The Morgan fingerprint density at radius 3 is 2.67 bits per heavy atom. The molecule has 2 rings (SSSR count). The number of carbonyl (C=O) groups is 1. The van der Waals surface area contributed by atoms with Gasteiger partial charge in [-0.25, -0.2) is 4.99 Å². The molecule has 1 unspecified atom stereocenters. The van der Waals surface area contributed by atoms with Crippen molar-refractivity contribution in [3.8, 4) is 0 Å². The van der Waals surface area contributed by atoms with Gasteiger partial charge in [-0.05, 0) is 25.0 Å². The topological polar surface area (TPSA) is 91.3 Å². The minimum absolute atomic E-state index is 0.0684. The molecule has 27 heavy (non-hydrogen) atoms. The standard InChI is InChI=1S/C19H21F3N4O/c1-3-4-9-25-18-16(13(19(20,21)22)10-15(27)26-18)11(2)17(24)12-7-5-6-8-14(12)23/h4-9,13,24H,3,10,23H2,1-2H3,(H,25,26,27)/b9-4+,16-11+,24-17?. The number of amidine groups is 1. The fourth-order valence-corrected chi connectivity index (χ4v) is 2.82. The molecular formula is C19H21F3N4O. The van der Waals surface area contributed by atoms with E-state index in [9.17, 15) is 18.0 Å². The zero-order valence-electron chi connectivity index (χ0n) is 15.0. The second kappa shape index (κ2) is 8.20. The quantitative estimate of drug-likeness (QED) is 0.546. The molecule has 0 spiro atoms. The van der Waals surface area contributed by atoms with Crippen molar-refractivity contribution in [2.75, 3.05) is 5.73 Å². The van der Waals surface area contributed by atoms with E-state index in [1.807, 2.05) is 6.92 Å². The number of allylic oxidation sites excluding steroid dienone is 2. The van der Waals surface area contributed by atoms with E-state index in [0.717, 1.165) is 0 Å². The minimum Gasteiger partial charge on any atom is -0.398 e. The lowest BCUT2D eigenvalue weighted by atomic mass is 9.84. The van der Waals surface area contributed by atoms with E-state index in [-0.39, 0.29) is 28.4 Å². The number of hydrogen-bond donors (Lipinski definition) is 3. The number of hydrogen-bond acceptors (Lipinski definition) is 4. The SMILES string of the molecule is CC/C=C/N=C1\NC(=O)CC(C(F)(F)F)\C1=C(\C)C(=N)c1ccccc1N. The van der Waals surface area contributed by atoms with Gasteiger partial charge in [0.15, 0.2) is 0 Å². The Bertz CT molecular complexity index is 838. The maximum Gasteiger partial charge on any atom is 0.396 e. The third kappa shape index (κ3) is 4.64. The fourth-order valence-electron chi connectivity index (χ4n) is 2.82. The molecule has 0 aliphatic carbocycles. The zero-order valence-corrected chi connectivity index (χ0v) is 15.0. The van der Waals surface area contributed by atoms with Gasteiger partial charge in [0, 0.05) is 29.4 Å². The van der Waals surface area contributed by atoms with E-state index in [4.69, 9.17) is 11.1 Å². The predicted molar refractivity (Wildman–Crippen MR) is 99.6 cm³/mol.